The number of ketones is 1. The molecule has 1 atom stereocenters. The molecule has 1 aliphatic carbocycles. The second kappa shape index (κ2) is 4.81. The Morgan fingerprint density at radius 2 is 2.00 bits per heavy atom. The third-order valence-electron chi connectivity index (χ3n) is 3.57. The standard InChI is InChI=1S/C13H26OSi/c1-13(8-5-7-12(14)11-13)9-6-10-15(2,3)4/h5-11H2,1-4H3/t13-/m0/s1. The average molecular weight is 226 g/mol. The van der Waals surface area contributed by atoms with E-state index in [0.717, 1.165) is 19.3 Å². The first kappa shape index (κ1) is 13.0. The largest absolute Gasteiger partial charge is 0.300 e. The second-order valence-electron chi connectivity index (χ2n) is 6.79. The molecular formula is C13H26OSi. The van der Waals surface area contributed by atoms with Gasteiger partial charge in [-0.05, 0) is 24.7 Å². The molecule has 0 aliphatic heterocycles. The molecule has 0 amide bonds. The summed E-state index contributed by atoms with van der Waals surface area (Å²) in [6.45, 7) is 9.61. The molecule has 0 aromatic heterocycles. The van der Waals surface area contributed by atoms with Gasteiger partial charge < -0.3 is 0 Å². The highest BCUT2D eigenvalue weighted by atomic mass is 28.3. The predicted octanol–water partition coefficient (Wildman–Crippen LogP) is 4.25. The minimum Gasteiger partial charge on any atom is -0.300 e. The number of carbonyl (C=O) groups excluding carboxylic acids is 1. The summed E-state index contributed by atoms with van der Waals surface area (Å²) in [5.74, 6) is 0.497. The topological polar surface area (TPSA) is 17.1 Å². The van der Waals surface area contributed by atoms with E-state index in [-0.39, 0.29) is 0 Å². The van der Waals surface area contributed by atoms with E-state index in [4.69, 9.17) is 0 Å². The Bertz CT molecular complexity index is 229. The van der Waals surface area contributed by atoms with Crippen molar-refractivity contribution in [1.29, 1.82) is 0 Å². The van der Waals surface area contributed by atoms with Crippen LogP contribution in [0.4, 0.5) is 0 Å². The van der Waals surface area contributed by atoms with Crippen molar-refractivity contribution in [3.63, 3.8) is 0 Å². The maximum Gasteiger partial charge on any atom is 0.133 e. The minimum atomic E-state index is -0.877. The van der Waals surface area contributed by atoms with Gasteiger partial charge in [0.15, 0.2) is 0 Å². The van der Waals surface area contributed by atoms with Crippen molar-refractivity contribution in [3.8, 4) is 0 Å². The Labute approximate surface area is 95.7 Å². The van der Waals surface area contributed by atoms with E-state index in [0.29, 0.717) is 11.2 Å². The van der Waals surface area contributed by atoms with Gasteiger partial charge >= 0.3 is 0 Å². The lowest BCUT2D eigenvalue weighted by Crippen LogP contribution is -2.27. The molecule has 1 saturated carbocycles. The summed E-state index contributed by atoms with van der Waals surface area (Å²) < 4.78 is 0. The molecule has 1 rings (SSSR count). The van der Waals surface area contributed by atoms with Gasteiger partial charge in [-0.1, -0.05) is 39.0 Å². The van der Waals surface area contributed by atoms with Crippen LogP contribution in [0, 0.1) is 5.41 Å². The van der Waals surface area contributed by atoms with E-state index in [1.165, 1.54) is 25.3 Å². The van der Waals surface area contributed by atoms with Gasteiger partial charge in [-0.15, -0.1) is 0 Å². The van der Waals surface area contributed by atoms with Crippen LogP contribution < -0.4 is 0 Å². The Balaban J connectivity index is 2.33. The van der Waals surface area contributed by atoms with Gasteiger partial charge in [0.1, 0.15) is 5.78 Å². The first-order chi connectivity index (χ1) is 6.81. The zero-order valence-corrected chi connectivity index (χ0v) is 11.9. The van der Waals surface area contributed by atoms with E-state index < -0.39 is 8.07 Å². The number of Topliss-reactive ketones (excluding diaryl/α,β-unsaturated/α-hetero) is 1. The van der Waals surface area contributed by atoms with Gasteiger partial charge in [0, 0.05) is 20.9 Å². The third kappa shape index (κ3) is 4.96. The van der Waals surface area contributed by atoms with E-state index in [1.807, 2.05) is 0 Å². The van der Waals surface area contributed by atoms with Gasteiger partial charge in [0.2, 0.25) is 0 Å². The fraction of sp³-hybridized carbons (Fsp3) is 0.923. The average Bonchev–Trinajstić information content (AvgIpc) is 1.99. The van der Waals surface area contributed by atoms with Crippen molar-refractivity contribution in [2.75, 3.05) is 0 Å². The fourth-order valence-electron chi connectivity index (χ4n) is 2.62. The van der Waals surface area contributed by atoms with Crippen LogP contribution in [0.15, 0.2) is 0 Å². The summed E-state index contributed by atoms with van der Waals surface area (Å²) in [5, 5.41) is 0. The van der Waals surface area contributed by atoms with Crippen molar-refractivity contribution in [2.24, 2.45) is 5.41 Å². The Kier molecular flexibility index (Phi) is 4.16. The van der Waals surface area contributed by atoms with Crippen LogP contribution in [0.25, 0.3) is 0 Å². The lowest BCUT2D eigenvalue weighted by atomic mass is 9.72. The molecule has 1 nitrogen and oxygen atoms in total. The van der Waals surface area contributed by atoms with Crippen LogP contribution in [0.3, 0.4) is 0 Å². The van der Waals surface area contributed by atoms with Crippen LogP contribution in [0.5, 0.6) is 0 Å². The summed E-state index contributed by atoms with van der Waals surface area (Å²) in [6, 6.07) is 1.41. The Morgan fingerprint density at radius 3 is 2.53 bits per heavy atom. The van der Waals surface area contributed by atoms with Crippen LogP contribution in [-0.4, -0.2) is 13.9 Å². The van der Waals surface area contributed by atoms with E-state index in [9.17, 15) is 4.79 Å². The molecule has 0 spiro atoms. The maximum atomic E-state index is 11.4. The summed E-state index contributed by atoms with van der Waals surface area (Å²) in [6.07, 6.45) is 6.68. The van der Waals surface area contributed by atoms with E-state index >= 15 is 0 Å². The first-order valence-electron chi connectivity index (χ1n) is 6.33. The summed E-state index contributed by atoms with van der Waals surface area (Å²) in [5.41, 5.74) is 0.342. The lowest BCUT2D eigenvalue weighted by molar-refractivity contribution is -0.123. The molecule has 88 valence electrons. The fourth-order valence-corrected chi connectivity index (χ4v) is 3.86. The monoisotopic (exact) mass is 226 g/mol. The molecule has 0 saturated heterocycles. The normalized spacial score (nSPS) is 28.1. The van der Waals surface area contributed by atoms with Crippen molar-refractivity contribution in [1.82, 2.24) is 0 Å². The van der Waals surface area contributed by atoms with Gasteiger partial charge in [0.05, 0.1) is 0 Å². The van der Waals surface area contributed by atoms with Crippen molar-refractivity contribution < 1.29 is 4.79 Å². The molecule has 1 fully saturated rings. The Morgan fingerprint density at radius 1 is 1.33 bits per heavy atom. The van der Waals surface area contributed by atoms with Gasteiger partial charge in [-0.2, -0.15) is 0 Å². The molecule has 0 aromatic carbocycles. The Hall–Kier alpha value is -0.113. The molecule has 0 radical (unpaired) electrons. The highest BCUT2D eigenvalue weighted by Crippen LogP contribution is 2.39. The number of hydrogen-bond acceptors (Lipinski definition) is 1. The molecule has 2 heteroatoms. The minimum absolute atomic E-state index is 0.342. The number of rotatable bonds is 4. The second-order valence-corrected chi connectivity index (χ2v) is 12.4. The highest BCUT2D eigenvalue weighted by Gasteiger charge is 2.30. The van der Waals surface area contributed by atoms with E-state index in [1.54, 1.807) is 0 Å². The van der Waals surface area contributed by atoms with Gasteiger partial charge in [-0.25, -0.2) is 0 Å². The zero-order chi connectivity index (χ0) is 11.5. The van der Waals surface area contributed by atoms with Crippen LogP contribution >= 0.6 is 0 Å². The summed E-state index contributed by atoms with van der Waals surface area (Å²) in [7, 11) is -0.877. The molecular weight excluding hydrogens is 200 g/mol. The summed E-state index contributed by atoms with van der Waals surface area (Å²) >= 11 is 0. The molecule has 0 N–H and O–H groups in total. The number of hydrogen-bond donors (Lipinski definition) is 0. The quantitative estimate of drug-likeness (QED) is 0.655. The smallest absolute Gasteiger partial charge is 0.133 e. The van der Waals surface area contributed by atoms with E-state index in [2.05, 4.69) is 26.6 Å². The molecule has 15 heavy (non-hydrogen) atoms. The van der Waals surface area contributed by atoms with Crippen molar-refractivity contribution >= 4 is 13.9 Å². The molecule has 0 heterocycles. The van der Waals surface area contributed by atoms with Crippen molar-refractivity contribution in [3.05, 3.63) is 0 Å². The van der Waals surface area contributed by atoms with Crippen LogP contribution in [-0.2, 0) is 4.79 Å². The van der Waals surface area contributed by atoms with Crippen molar-refractivity contribution in [2.45, 2.75) is 71.1 Å². The van der Waals surface area contributed by atoms with Crippen LogP contribution in [0.2, 0.25) is 25.7 Å². The highest BCUT2D eigenvalue weighted by molar-refractivity contribution is 6.76. The first-order valence-corrected chi connectivity index (χ1v) is 10.0. The van der Waals surface area contributed by atoms with Crippen LogP contribution in [0.1, 0.15) is 45.4 Å². The van der Waals surface area contributed by atoms with Gasteiger partial charge in [0.25, 0.3) is 0 Å². The molecule has 0 bridgehead atoms. The summed E-state index contributed by atoms with van der Waals surface area (Å²) in [4.78, 5) is 11.4. The molecule has 1 aliphatic rings. The molecule has 0 aromatic rings. The SMILES string of the molecule is C[C@@]1(CCC[Si](C)(C)C)CCCC(=O)C1. The molecule has 0 unspecified atom stereocenters. The zero-order valence-electron chi connectivity index (χ0n) is 10.9. The number of carbonyl (C=O) groups is 1. The van der Waals surface area contributed by atoms with Gasteiger partial charge in [-0.3, -0.25) is 4.79 Å². The lowest BCUT2D eigenvalue weighted by Gasteiger charge is -2.33. The maximum absolute atomic E-state index is 11.4. The third-order valence-corrected chi connectivity index (χ3v) is 5.42. The predicted molar refractivity (Wildman–Crippen MR) is 69.0 cm³/mol.